The molecule has 0 aliphatic carbocycles. The predicted octanol–water partition coefficient (Wildman–Crippen LogP) is 2.95. The van der Waals surface area contributed by atoms with Gasteiger partial charge < -0.3 is 4.74 Å². The molecule has 0 saturated carbocycles. The van der Waals surface area contributed by atoms with Gasteiger partial charge >= 0.3 is 5.97 Å². The number of carbonyl (C=O) groups excluding carboxylic acids is 1. The molecular weight excluding hydrogens is 200 g/mol. The molecule has 1 aromatic rings. The molecule has 2 nitrogen and oxygen atoms in total. The minimum atomic E-state index is -0.308. The Hall–Kier alpha value is -1.75. The molecule has 2 heteroatoms. The molecule has 0 aliphatic rings. The summed E-state index contributed by atoms with van der Waals surface area (Å²) in [7, 11) is 0. The average Bonchev–Trinajstić information content (AvgIpc) is 2.28. The summed E-state index contributed by atoms with van der Waals surface area (Å²) in [6.45, 7) is 5.58. The fourth-order valence-corrected chi connectivity index (χ4v) is 1.37. The molecule has 0 N–H and O–H groups in total. The zero-order chi connectivity index (χ0) is 12.0. The summed E-state index contributed by atoms with van der Waals surface area (Å²) in [6.07, 6.45) is 0.399. The summed E-state index contributed by atoms with van der Waals surface area (Å²) in [6, 6.07) is 7.39. The lowest BCUT2D eigenvalue weighted by atomic mass is 10.1. The number of hydrogen-bond acceptors (Lipinski definition) is 2. The summed E-state index contributed by atoms with van der Waals surface area (Å²) < 4.78 is 5.29. The molecule has 84 valence electrons. The highest BCUT2D eigenvalue weighted by Crippen LogP contribution is 2.10. The van der Waals surface area contributed by atoms with Crippen molar-refractivity contribution in [2.24, 2.45) is 0 Å². The van der Waals surface area contributed by atoms with Crippen LogP contribution in [0, 0.1) is 18.8 Å². The molecule has 1 atom stereocenters. The van der Waals surface area contributed by atoms with Gasteiger partial charge in [0.2, 0.25) is 0 Å². The van der Waals surface area contributed by atoms with Crippen molar-refractivity contribution in [1.29, 1.82) is 0 Å². The van der Waals surface area contributed by atoms with Gasteiger partial charge in [-0.3, -0.25) is 0 Å². The van der Waals surface area contributed by atoms with E-state index >= 15 is 0 Å². The molecule has 0 saturated heterocycles. The monoisotopic (exact) mass is 216 g/mol. The van der Waals surface area contributed by atoms with Crippen LogP contribution in [0.2, 0.25) is 0 Å². The summed E-state index contributed by atoms with van der Waals surface area (Å²) >= 11 is 0. The molecule has 0 fully saturated rings. The van der Waals surface area contributed by atoms with Crippen molar-refractivity contribution in [2.75, 3.05) is 0 Å². The van der Waals surface area contributed by atoms with Gasteiger partial charge in [0, 0.05) is 0 Å². The number of rotatable bonds is 3. The molecule has 0 spiro atoms. The molecule has 1 unspecified atom stereocenters. The smallest absolute Gasteiger partial charge is 0.339 e. The maximum Gasteiger partial charge on any atom is 0.339 e. The Bertz CT molecular complexity index is 424. The van der Waals surface area contributed by atoms with Crippen molar-refractivity contribution >= 4 is 5.97 Å². The second-order valence-corrected chi connectivity index (χ2v) is 3.51. The SMILES string of the molecule is CC#CC(CC)OC(=O)c1ccccc1C. The van der Waals surface area contributed by atoms with Crippen LogP contribution < -0.4 is 0 Å². The van der Waals surface area contributed by atoms with Gasteiger partial charge in [-0.1, -0.05) is 31.0 Å². The maximum absolute atomic E-state index is 11.8. The Morgan fingerprint density at radius 1 is 1.44 bits per heavy atom. The fourth-order valence-electron chi connectivity index (χ4n) is 1.37. The van der Waals surface area contributed by atoms with Crippen LogP contribution in [0.5, 0.6) is 0 Å². The van der Waals surface area contributed by atoms with Crippen molar-refractivity contribution in [1.82, 2.24) is 0 Å². The van der Waals surface area contributed by atoms with Gasteiger partial charge in [-0.25, -0.2) is 4.79 Å². The Morgan fingerprint density at radius 2 is 2.12 bits per heavy atom. The predicted molar refractivity (Wildman–Crippen MR) is 64.1 cm³/mol. The van der Waals surface area contributed by atoms with Gasteiger partial charge in [-0.15, -0.1) is 5.92 Å². The second-order valence-electron chi connectivity index (χ2n) is 3.51. The van der Waals surface area contributed by atoms with Crippen LogP contribution in [0.1, 0.15) is 36.2 Å². The third kappa shape index (κ3) is 3.13. The van der Waals surface area contributed by atoms with Crippen molar-refractivity contribution in [3.05, 3.63) is 35.4 Å². The molecule has 16 heavy (non-hydrogen) atoms. The minimum Gasteiger partial charge on any atom is -0.446 e. The molecule has 0 aromatic heterocycles. The van der Waals surface area contributed by atoms with Crippen LogP contribution >= 0.6 is 0 Å². The largest absolute Gasteiger partial charge is 0.446 e. The first kappa shape index (κ1) is 12.3. The third-order valence-corrected chi connectivity index (χ3v) is 2.29. The van der Waals surface area contributed by atoms with E-state index in [1.165, 1.54) is 0 Å². The molecule has 0 aliphatic heterocycles. The zero-order valence-corrected chi connectivity index (χ0v) is 9.91. The van der Waals surface area contributed by atoms with Gasteiger partial charge in [-0.2, -0.15) is 0 Å². The van der Waals surface area contributed by atoms with Gasteiger partial charge in [0.05, 0.1) is 5.56 Å². The van der Waals surface area contributed by atoms with Gasteiger partial charge in [0.25, 0.3) is 0 Å². The van der Waals surface area contributed by atoms with Crippen molar-refractivity contribution < 1.29 is 9.53 Å². The van der Waals surface area contributed by atoms with E-state index in [1.54, 1.807) is 13.0 Å². The highest BCUT2D eigenvalue weighted by atomic mass is 16.5. The van der Waals surface area contributed by atoms with E-state index in [-0.39, 0.29) is 12.1 Å². The van der Waals surface area contributed by atoms with Crippen LogP contribution in [0.3, 0.4) is 0 Å². The van der Waals surface area contributed by atoms with E-state index in [4.69, 9.17) is 4.74 Å². The maximum atomic E-state index is 11.8. The topological polar surface area (TPSA) is 26.3 Å². The fraction of sp³-hybridized carbons (Fsp3) is 0.357. The quantitative estimate of drug-likeness (QED) is 0.573. The number of esters is 1. The highest BCUT2D eigenvalue weighted by Gasteiger charge is 2.13. The van der Waals surface area contributed by atoms with E-state index in [2.05, 4.69) is 11.8 Å². The summed E-state index contributed by atoms with van der Waals surface area (Å²) in [5.41, 5.74) is 1.53. The normalized spacial score (nSPS) is 11.2. The van der Waals surface area contributed by atoms with E-state index in [9.17, 15) is 4.79 Å². The molecular formula is C14H16O2. The summed E-state index contributed by atoms with van der Waals surface area (Å²) in [5, 5.41) is 0. The van der Waals surface area contributed by atoms with E-state index in [0.717, 1.165) is 5.56 Å². The molecule has 0 amide bonds. The molecule has 1 aromatic carbocycles. The standard InChI is InChI=1S/C14H16O2/c1-4-8-12(5-2)16-14(15)13-10-7-6-9-11(13)3/h6-7,9-10,12H,5H2,1-3H3. The van der Waals surface area contributed by atoms with Crippen molar-refractivity contribution in [2.45, 2.75) is 33.3 Å². The average molecular weight is 216 g/mol. The van der Waals surface area contributed by atoms with Crippen LogP contribution in [-0.4, -0.2) is 12.1 Å². The molecule has 1 rings (SSSR count). The lowest BCUT2D eigenvalue weighted by molar-refractivity contribution is 0.0404. The summed E-state index contributed by atoms with van der Waals surface area (Å²) in [4.78, 5) is 11.8. The van der Waals surface area contributed by atoms with Gasteiger partial charge in [-0.05, 0) is 31.9 Å². The van der Waals surface area contributed by atoms with Crippen LogP contribution in [0.25, 0.3) is 0 Å². The lowest BCUT2D eigenvalue weighted by Crippen LogP contribution is -2.16. The van der Waals surface area contributed by atoms with Crippen molar-refractivity contribution in [3.8, 4) is 11.8 Å². The first-order chi connectivity index (χ1) is 7.69. The number of carbonyl (C=O) groups is 1. The molecule has 0 radical (unpaired) electrons. The Kier molecular flexibility index (Phi) is 4.60. The number of aryl methyl sites for hydroxylation is 1. The number of benzene rings is 1. The van der Waals surface area contributed by atoms with Crippen LogP contribution in [-0.2, 0) is 4.74 Å². The zero-order valence-electron chi connectivity index (χ0n) is 9.91. The number of hydrogen-bond donors (Lipinski definition) is 0. The minimum absolute atomic E-state index is 0.298. The van der Waals surface area contributed by atoms with E-state index < -0.39 is 0 Å². The van der Waals surface area contributed by atoms with Crippen LogP contribution in [0.4, 0.5) is 0 Å². The van der Waals surface area contributed by atoms with Crippen LogP contribution in [0.15, 0.2) is 24.3 Å². The van der Waals surface area contributed by atoms with E-state index in [1.807, 2.05) is 32.0 Å². The van der Waals surface area contributed by atoms with Gasteiger partial charge in [0.15, 0.2) is 6.10 Å². The highest BCUT2D eigenvalue weighted by molar-refractivity contribution is 5.91. The molecule has 0 heterocycles. The molecule has 0 bridgehead atoms. The van der Waals surface area contributed by atoms with E-state index in [0.29, 0.717) is 12.0 Å². The Morgan fingerprint density at radius 3 is 2.69 bits per heavy atom. The first-order valence-electron chi connectivity index (χ1n) is 5.38. The second kappa shape index (κ2) is 5.97. The first-order valence-corrected chi connectivity index (χ1v) is 5.38. The Balaban J connectivity index is 2.78. The number of ether oxygens (including phenoxy) is 1. The summed E-state index contributed by atoms with van der Waals surface area (Å²) in [5.74, 6) is 5.32. The Labute approximate surface area is 96.6 Å². The third-order valence-electron chi connectivity index (χ3n) is 2.29. The van der Waals surface area contributed by atoms with Gasteiger partial charge in [0.1, 0.15) is 0 Å². The van der Waals surface area contributed by atoms with Crippen molar-refractivity contribution in [3.63, 3.8) is 0 Å². The lowest BCUT2D eigenvalue weighted by Gasteiger charge is -2.11.